The summed E-state index contributed by atoms with van der Waals surface area (Å²) in [4.78, 5) is 34.8. The molecule has 1 aromatic rings. The van der Waals surface area contributed by atoms with E-state index in [4.69, 9.17) is 37.4 Å². The summed E-state index contributed by atoms with van der Waals surface area (Å²) in [7, 11) is 0. The van der Waals surface area contributed by atoms with Crippen molar-refractivity contribution in [1.29, 1.82) is 0 Å². The molecule has 0 amide bonds. The van der Waals surface area contributed by atoms with Crippen LogP contribution in [0.4, 0.5) is 0 Å². The van der Waals surface area contributed by atoms with Gasteiger partial charge in [0.2, 0.25) is 0 Å². The van der Waals surface area contributed by atoms with Crippen LogP contribution >= 0.6 is 23.2 Å². The van der Waals surface area contributed by atoms with Crippen molar-refractivity contribution >= 4 is 47.2 Å². The highest BCUT2D eigenvalue weighted by molar-refractivity contribution is 6.38. The first-order valence-electron chi connectivity index (χ1n) is 6.45. The first-order chi connectivity index (χ1) is 10.6. The molecule has 1 aromatic carbocycles. The fourth-order valence-electron chi connectivity index (χ4n) is 1.85. The van der Waals surface area contributed by atoms with E-state index < -0.39 is 23.7 Å². The summed E-state index contributed by atoms with van der Waals surface area (Å²) in [5.41, 5.74) is -0.138. The molecule has 0 spiro atoms. The predicted octanol–water partition coefficient (Wildman–Crippen LogP) is 3.14. The molecule has 1 heterocycles. The van der Waals surface area contributed by atoms with Crippen molar-refractivity contribution in [2.45, 2.75) is 26.6 Å². The highest BCUT2D eigenvalue weighted by Gasteiger charge is 2.39. The molecule has 0 radical (unpaired) electrons. The van der Waals surface area contributed by atoms with Crippen LogP contribution < -0.4 is 4.74 Å². The number of ether oxygens (including phenoxy) is 3. The Morgan fingerprint density at radius 3 is 2.04 bits per heavy atom. The maximum Gasteiger partial charge on any atom is 0.348 e. The van der Waals surface area contributed by atoms with Gasteiger partial charge < -0.3 is 14.2 Å². The van der Waals surface area contributed by atoms with Crippen LogP contribution in [0.3, 0.4) is 0 Å². The van der Waals surface area contributed by atoms with E-state index >= 15 is 0 Å². The van der Waals surface area contributed by atoms with Gasteiger partial charge in [-0.05, 0) is 6.08 Å². The molecule has 0 unspecified atom stereocenters. The Morgan fingerprint density at radius 1 is 1.13 bits per heavy atom. The minimum atomic E-state index is -1.34. The second kappa shape index (κ2) is 6.22. The van der Waals surface area contributed by atoms with E-state index in [1.165, 1.54) is 39.0 Å². The maximum atomic E-state index is 11.9. The monoisotopic (exact) mass is 358 g/mol. The zero-order valence-corrected chi connectivity index (χ0v) is 13.9. The van der Waals surface area contributed by atoms with Crippen LogP contribution in [0.2, 0.25) is 10.0 Å². The van der Waals surface area contributed by atoms with Crippen LogP contribution in [0.5, 0.6) is 5.75 Å². The topological polar surface area (TPSA) is 78.9 Å². The van der Waals surface area contributed by atoms with Crippen molar-refractivity contribution in [3.05, 3.63) is 33.3 Å². The van der Waals surface area contributed by atoms with Gasteiger partial charge in [-0.25, -0.2) is 9.59 Å². The fraction of sp³-hybridized carbons (Fsp3) is 0.267. The lowest BCUT2D eigenvalue weighted by molar-refractivity contribution is -0.222. The van der Waals surface area contributed by atoms with E-state index in [0.717, 1.165) is 0 Å². The van der Waals surface area contributed by atoms with Crippen molar-refractivity contribution in [2.75, 3.05) is 0 Å². The van der Waals surface area contributed by atoms with E-state index in [-0.39, 0.29) is 26.9 Å². The number of cyclic esters (lactones) is 2. The summed E-state index contributed by atoms with van der Waals surface area (Å²) in [6.45, 7) is 4.11. The van der Waals surface area contributed by atoms with Gasteiger partial charge in [-0.1, -0.05) is 23.2 Å². The fourth-order valence-corrected chi connectivity index (χ4v) is 2.42. The summed E-state index contributed by atoms with van der Waals surface area (Å²) >= 11 is 12.1. The van der Waals surface area contributed by atoms with Crippen LogP contribution in [-0.2, 0) is 23.9 Å². The van der Waals surface area contributed by atoms with Gasteiger partial charge in [0.15, 0.2) is 0 Å². The number of hydrogen-bond acceptors (Lipinski definition) is 6. The highest BCUT2D eigenvalue weighted by Crippen LogP contribution is 2.33. The van der Waals surface area contributed by atoms with Crippen molar-refractivity contribution in [3.63, 3.8) is 0 Å². The smallest absolute Gasteiger partial charge is 0.348 e. The van der Waals surface area contributed by atoms with Gasteiger partial charge in [0, 0.05) is 38.5 Å². The number of halogens is 2. The molecule has 0 atom stereocenters. The lowest BCUT2D eigenvalue weighted by atomic mass is 10.1. The summed E-state index contributed by atoms with van der Waals surface area (Å²) in [5, 5.41) is 0.179. The summed E-state index contributed by atoms with van der Waals surface area (Å²) in [6, 6.07) is 2.68. The van der Waals surface area contributed by atoms with Crippen molar-refractivity contribution in [3.8, 4) is 5.75 Å². The Labute approximate surface area is 141 Å². The average molecular weight is 359 g/mol. The predicted molar refractivity (Wildman–Crippen MR) is 82.0 cm³/mol. The van der Waals surface area contributed by atoms with Gasteiger partial charge in [0.1, 0.15) is 11.3 Å². The van der Waals surface area contributed by atoms with Gasteiger partial charge in [0.25, 0.3) is 5.79 Å². The summed E-state index contributed by atoms with van der Waals surface area (Å²) in [5.74, 6) is -3.42. The Balaban J connectivity index is 2.41. The van der Waals surface area contributed by atoms with Gasteiger partial charge >= 0.3 is 17.9 Å². The maximum absolute atomic E-state index is 11.9. The molecule has 1 fully saturated rings. The van der Waals surface area contributed by atoms with E-state index in [9.17, 15) is 14.4 Å². The molecule has 2 rings (SSSR count). The number of rotatable bonds is 2. The first-order valence-corrected chi connectivity index (χ1v) is 7.20. The van der Waals surface area contributed by atoms with Crippen molar-refractivity contribution < 1.29 is 28.6 Å². The molecular formula is C15H12Cl2O6. The van der Waals surface area contributed by atoms with Gasteiger partial charge in [-0.3, -0.25) is 4.79 Å². The molecular weight excluding hydrogens is 347 g/mol. The molecule has 23 heavy (non-hydrogen) atoms. The van der Waals surface area contributed by atoms with Crippen molar-refractivity contribution in [2.24, 2.45) is 0 Å². The summed E-state index contributed by atoms with van der Waals surface area (Å²) < 4.78 is 14.8. The molecule has 6 nitrogen and oxygen atoms in total. The Morgan fingerprint density at radius 2 is 1.61 bits per heavy atom. The Hall–Kier alpha value is -2.05. The molecule has 0 bridgehead atoms. The SMILES string of the molecule is CC(=O)Oc1cc(Cl)c(C=C2C(=O)OC(C)(C)OC2=O)c(Cl)c1. The number of benzene rings is 1. The Bertz CT molecular complexity index is 690. The van der Waals surface area contributed by atoms with Crippen LogP contribution in [0.15, 0.2) is 17.7 Å². The molecule has 0 saturated carbocycles. The zero-order valence-electron chi connectivity index (χ0n) is 12.4. The van der Waals surface area contributed by atoms with E-state index in [1.807, 2.05) is 0 Å². The van der Waals surface area contributed by atoms with Gasteiger partial charge in [-0.15, -0.1) is 0 Å². The number of carbonyl (C=O) groups is 3. The number of hydrogen-bond donors (Lipinski definition) is 0. The number of carbonyl (C=O) groups excluding carboxylic acids is 3. The largest absolute Gasteiger partial charge is 0.427 e. The molecule has 1 saturated heterocycles. The average Bonchev–Trinajstić information content (AvgIpc) is 2.33. The minimum Gasteiger partial charge on any atom is -0.427 e. The first kappa shape index (κ1) is 17.3. The third kappa shape index (κ3) is 4.03. The van der Waals surface area contributed by atoms with Crippen LogP contribution in [0.25, 0.3) is 6.08 Å². The molecule has 0 aliphatic carbocycles. The third-order valence-corrected chi connectivity index (χ3v) is 3.35. The highest BCUT2D eigenvalue weighted by atomic mass is 35.5. The lowest BCUT2D eigenvalue weighted by Gasteiger charge is -2.29. The van der Waals surface area contributed by atoms with Crippen LogP contribution in [-0.4, -0.2) is 23.7 Å². The standard InChI is InChI=1S/C15H12Cl2O6/c1-7(18)21-8-4-11(16)9(12(17)5-8)6-10-13(19)22-15(2,3)23-14(10)20/h4-6H,1-3H3. The molecule has 1 aliphatic heterocycles. The van der Waals surface area contributed by atoms with Crippen molar-refractivity contribution in [1.82, 2.24) is 0 Å². The number of esters is 3. The second-order valence-electron chi connectivity index (χ2n) is 5.13. The lowest BCUT2D eigenvalue weighted by Crippen LogP contribution is -2.41. The molecule has 1 aliphatic rings. The van der Waals surface area contributed by atoms with Gasteiger partial charge in [-0.2, -0.15) is 0 Å². The molecule has 0 aromatic heterocycles. The quantitative estimate of drug-likeness (QED) is 0.349. The van der Waals surface area contributed by atoms with Crippen LogP contribution in [0.1, 0.15) is 26.3 Å². The second-order valence-corrected chi connectivity index (χ2v) is 5.95. The minimum absolute atomic E-state index is 0.0895. The van der Waals surface area contributed by atoms with E-state index in [1.54, 1.807) is 0 Å². The summed E-state index contributed by atoms with van der Waals surface area (Å²) in [6.07, 6.45) is 1.17. The van der Waals surface area contributed by atoms with E-state index in [2.05, 4.69) is 0 Å². The van der Waals surface area contributed by atoms with Gasteiger partial charge in [0.05, 0.1) is 10.0 Å². The molecule has 0 N–H and O–H groups in total. The third-order valence-electron chi connectivity index (χ3n) is 2.72. The molecule has 122 valence electrons. The molecule has 8 heteroatoms. The normalized spacial score (nSPS) is 16.5. The zero-order chi connectivity index (χ0) is 17.4. The Kier molecular flexibility index (Phi) is 4.68. The van der Waals surface area contributed by atoms with Crippen LogP contribution in [0, 0.1) is 0 Å². The van der Waals surface area contributed by atoms with E-state index in [0.29, 0.717) is 0 Å².